The minimum absolute atomic E-state index is 0.0937. The third-order valence-electron chi connectivity index (χ3n) is 6.02. The summed E-state index contributed by atoms with van der Waals surface area (Å²) in [6.45, 7) is 1.11. The molecule has 2 N–H and O–H groups in total. The third kappa shape index (κ3) is 4.77. The van der Waals surface area contributed by atoms with Crippen LogP contribution >= 0.6 is 0 Å². The predicted molar refractivity (Wildman–Crippen MR) is 113 cm³/mol. The van der Waals surface area contributed by atoms with Gasteiger partial charge in [0, 0.05) is 37.4 Å². The molecule has 0 bridgehead atoms. The van der Waals surface area contributed by atoms with Crippen LogP contribution in [0.1, 0.15) is 44.9 Å². The van der Waals surface area contributed by atoms with Crippen LogP contribution in [0.15, 0.2) is 24.3 Å². The highest BCUT2D eigenvalue weighted by Crippen LogP contribution is 2.23. The summed E-state index contributed by atoms with van der Waals surface area (Å²) < 4.78 is 1.58. The number of rotatable bonds is 4. The van der Waals surface area contributed by atoms with Crippen molar-refractivity contribution in [3.8, 4) is 11.4 Å². The summed E-state index contributed by atoms with van der Waals surface area (Å²) in [5.41, 5.74) is 1.50. The predicted octanol–water partition coefficient (Wildman–Crippen LogP) is 2.57. The van der Waals surface area contributed by atoms with Crippen molar-refractivity contribution in [1.82, 2.24) is 30.4 Å². The first kappa shape index (κ1) is 20.3. The highest BCUT2D eigenvalue weighted by atomic mass is 16.2. The van der Waals surface area contributed by atoms with Crippen LogP contribution in [0.2, 0.25) is 0 Å². The lowest BCUT2D eigenvalue weighted by atomic mass is 9.93. The Morgan fingerprint density at radius 2 is 1.93 bits per heavy atom. The van der Waals surface area contributed by atoms with E-state index in [-0.39, 0.29) is 17.9 Å². The summed E-state index contributed by atoms with van der Waals surface area (Å²) in [5.74, 6) is 0.585. The molecular formula is C21H29N7O2. The number of nitrogens with one attached hydrogen (secondary N) is 2. The number of hydrogen-bond donors (Lipinski definition) is 2. The van der Waals surface area contributed by atoms with Gasteiger partial charge in [0.1, 0.15) is 0 Å². The van der Waals surface area contributed by atoms with Crippen LogP contribution in [0.3, 0.4) is 0 Å². The first-order valence-electron chi connectivity index (χ1n) is 10.8. The Morgan fingerprint density at radius 3 is 2.70 bits per heavy atom. The van der Waals surface area contributed by atoms with Gasteiger partial charge in [-0.1, -0.05) is 31.4 Å². The molecule has 1 saturated carbocycles. The topological polar surface area (TPSA) is 105 Å². The molecule has 160 valence electrons. The molecule has 1 saturated heterocycles. The number of benzene rings is 1. The molecular weight excluding hydrogens is 382 g/mol. The standard InChI is InChI=1S/C21H29N7O2/c1-27-19(24-25-26-27)15-7-5-11-18(13-15)23-21(30)28-12-6-8-16(14-28)20(29)22-17-9-3-2-4-10-17/h5,7,11,13,16-17H,2-4,6,8-10,12,14H2,1H3,(H,22,29)(H,23,30). The number of anilines is 1. The number of amides is 3. The number of aryl methyl sites for hydroxylation is 1. The summed E-state index contributed by atoms with van der Waals surface area (Å²) >= 11 is 0. The van der Waals surface area contributed by atoms with Crippen molar-refractivity contribution >= 4 is 17.6 Å². The van der Waals surface area contributed by atoms with E-state index in [1.54, 1.807) is 16.6 Å². The lowest BCUT2D eigenvalue weighted by Crippen LogP contribution is -2.48. The number of tetrazole rings is 1. The maximum Gasteiger partial charge on any atom is 0.321 e. The lowest BCUT2D eigenvalue weighted by Gasteiger charge is -2.33. The Morgan fingerprint density at radius 1 is 1.10 bits per heavy atom. The fourth-order valence-corrected chi connectivity index (χ4v) is 4.35. The molecule has 2 aliphatic rings. The number of likely N-dealkylation sites (tertiary alicyclic amines) is 1. The smallest absolute Gasteiger partial charge is 0.321 e. The highest BCUT2D eigenvalue weighted by Gasteiger charge is 2.30. The van der Waals surface area contributed by atoms with Gasteiger partial charge in [-0.3, -0.25) is 4.79 Å². The van der Waals surface area contributed by atoms with Gasteiger partial charge in [0.05, 0.1) is 5.92 Å². The number of aromatic nitrogens is 4. The fourth-order valence-electron chi connectivity index (χ4n) is 4.35. The second kappa shape index (κ2) is 9.23. The molecule has 2 fully saturated rings. The molecule has 1 aliphatic carbocycles. The summed E-state index contributed by atoms with van der Waals surface area (Å²) in [5, 5.41) is 17.7. The molecule has 4 rings (SSSR count). The SMILES string of the molecule is Cn1nnnc1-c1cccc(NC(=O)N2CCCC(C(=O)NC3CCCCC3)C2)c1. The minimum atomic E-state index is -0.182. The molecule has 1 aromatic heterocycles. The zero-order valence-corrected chi connectivity index (χ0v) is 17.4. The molecule has 1 aromatic carbocycles. The summed E-state index contributed by atoms with van der Waals surface area (Å²) in [7, 11) is 1.77. The third-order valence-corrected chi connectivity index (χ3v) is 6.02. The highest BCUT2D eigenvalue weighted by molar-refractivity contribution is 5.90. The van der Waals surface area contributed by atoms with Gasteiger partial charge in [0.2, 0.25) is 5.91 Å². The molecule has 1 aliphatic heterocycles. The lowest BCUT2D eigenvalue weighted by molar-refractivity contribution is -0.127. The van der Waals surface area contributed by atoms with Gasteiger partial charge in [0.15, 0.2) is 5.82 Å². The van der Waals surface area contributed by atoms with Crippen molar-refractivity contribution in [2.45, 2.75) is 51.0 Å². The van der Waals surface area contributed by atoms with Crippen LogP contribution in [0.5, 0.6) is 0 Å². The van der Waals surface area contributed by atoms with Crippen LogP contribution in [0, 0.1) is 5.92 Å². The normalized spacial score (nSPS) is 20.0. The second-order valence-corrected chi connectivity index (χ2v) is 8.27. The second-order valence-electron chi connectivity index (χ2n) is 8.27. The summed E-state index contributed by atoms with van der Waals surface area (Å²) in [6.07, 6.45) is 7.44. The molecule has 0 radical (unpaired) electrons. The van der Waals surface area contributed by atoms with Gasteiger partial charge in [-0.2, -0.15) is 0 Å². The number of piperidine rings is 1. The molecule has 30 heavy (non-hydrogen) atoms. The van der Waals surface area contributed by atoms with Crippen molar-refractivity contribution in [3.05, 3.63) is 24.3 Å². The van der Waals surface area contributed by atoms with Crippen molar-refractivity contribution in [3.63, 3.8) is 0 Å². The molecule has 1 unspecified atom stereocenters. The van der Waals surface area contributed by atoms with Gasteiger partial charge in [-0.25, -0.2) is 9.48 Å². The molecule has 1 atom stereocenters. The van der Waals surface area contributed by atoms with Crippen molar-refractivity contribution in [1.29, 1.82) is 0 Å². The fraction of sp³-hybridized carbons (Fsp3) is 0.571. The Bertz CT molecular complexity index is 891. The Kier molecular flexibility index (Phi) is 6.25. The van der Waals surface area contributed by atoms with E-state index in [0.29, 0.717) is 30.6 Å². The number of hydrogen-bond acceptors (Lipinski definition) is 5. The molecule has 2 heterocycles. The van der Waals surface area contributed by atoms with E-state index in [2.05, 4.69) is 26.2 Å². The number of carbonyl (C=O) groups is 2. The zero-order chi connectivity index (χ0) is 20.9. The first-order valence-corrected chi connectivity index (χ1v) is 10.8. The molecule has 3 amide bonds. The van der Waals surface area contributed by atoms with E-state index in [0.717, 1.165) is 31.2 Å². The van der Waals surface area contributed by atoms with E-state index in [4.69, 9.17) is 0 Å². The van der Waals surface area contributed by atoms with Crippen LogP contribution in [-0.4, -0.2) is 56.2 Å². The van der Waals surface area contributed by atoms with E-state index in [9.17, 15) is 9.59 Å². The molecule has 0 spiro atoms. The number of urea groups is 1. The number of nitrogens with zero attached hydrogens (tertiary/aromatic N) is 5. The maximum absolute atomic E-state index is 12.8. The van der Waals surface area contributed by atoms with Gasteiger partial charge in [0.25, 0.3) is 0 Å². The molecule has 9 nitrogen and oxygen atoms in total. The van der Waals surface area contributed by atoms with Gasteiger partial charge in [-0.15, -0.1) is 5.10 Å². The van der Waals surface area contributed by atoms with Crippen molar-refractivity contribution < 1.29 is 9.59 Å². The van der Waals surface area contributed by atoms with Crippen molar-refractivity contribution in [2.24, 2.45) is 13.0 Å². The maximum atomic E-state index is 12.8. The van der Waals surface area contributed by atoms with E-state index >= 15 is 0 Å². The van der Waals surface area contributed by atoms with E-state index in [1.807, 2.05) is 24.3 Å². The van der Waals surface area contributed by atoms with Gasteiger partial charge < -0.3 is 15.5 Å². The zero-order valence-electron chi connectivity index (χ0n) is 17.4. The molecule has 9 heteroatoms. The van der Waals surface area contributed by atoms with E-state index in [1.165, 1.54) is 19.3 Å². The largest absolute Gasteiger partial charge is 0.353 e. The van der Waals surface area contributed by atoms with Crippen LogP contribution < -0.4 is 10.6 Å². The van der Waals surface area contributed by atoms with Crippen LogP contribution in [0.25, 0.3) is 11.4 Å². The summed E-state index contributed by atoms with van der Waals surface area (Å²) in [4.78, 5) is 27.3. The Balaban J connectivity index is 1.35. The Hall–Kier alpha value is -2.97. The van der Waals surface area contributed by atoms with Crippen LogP contribution in [0.4, 0.5) is 10.5 Å². The average Bonchev–Trinajstić information content (AvgIpc) is 3.20. The van der Waals surface area contributed by atoms with Gasteiger partial charge >= 0.3 is 6.03 Å². The first-order chi connectivity index (χ1) is 14.6. The summed E-state index contributed by atoms with van der Waals surface area (Å²) in [6, 6.07) is 7.56. The van der Waals surface area contributed by atoms with Crippen molar-refractivity contribution in [2.75, 3.05) is 18.4 Å². The Labute approximate surface area is 176 Å². The quantitative estimate of drug-likeness (QED) is 0.804. The van der Waals surface area contributed by atoms with Gasteiger partial charge in [-0.05, 0) is 48.2 Å². The van der Waals surface area contributed by atoms with E-state index < -0.39 is 0 Å². The number of carbonyl (C=O) groups excluding carboxylic acids is 2. The minimum Gasteiger partial charge on any atom is -0.353 e. The monoisotopic (exact) mass is 411 g/mol. The average molecular weight is 412 g/mol. The molecule has 2 aromatic rings. The van der Waals surface area contributed by atoms with Crippen LogP contribution in [-0.2, 0) is 11.8 Å².